The zero-order valence-corrected chi connectivity index (χ0v) is 12.0. The minimum Gasteiger partial charge on any atom is -0.481 e. The maximum Gasteiger partial charge on any atom is 0.320 e. The van der Waals surface area contributed by atoms with Crippen LogP contribution < -0.4 is 5.32 Å². The van der Waals surface area contributed by atoms with Crippen LogP contribution in [0.3, 0.4) is 0 Å². The molecule has 1 rings (SSSR count). The van der Waals surface area contributed by atoms with E-state index < -0.39 is 36.3 Å². The molecule has 9 nitrogen and oxygen atoms in total. The Hall–Kier alpha value is -2.32. The van der Waals surface area contributed by atoms with Gasteiger partial charge in [0.1, 0.15) is 6.04 Å². The fourth-order valence-electron chi connectivity index (χ4n) is 1.99. The smallest absolute Gasteiger partial charge is 0.320 e. The molecule has 1 aliphatic heterocycles. The number of ether oxygens (including phenoxy) is 1. The lowest BCUT2D eigenvalue weighted by atomic mass is 10.1. The topological polar surface area (TPSA) is 116 Å². The molecule has 3 amide bonds. The van der Waals surface area contributed by atoms with Crippen LogP contribution in [0.15, 0.2) is 0 Å². The van der Waals surface area contributed by atoms with Crippen molar-refractivity contribution in [3.05, 3.63) is 0 Å². The number of aliphatic carboxylic acids is 1. The summed E-state index contributed by atoms with van der Waals surface area (Å²) in [6.45, 7) is 0.625. The molecule has 21 heavy (non-hydrogen) atoms. The van der Waals surface area contributed by atoms with E-state index >= 15 is 0 Å². The maximum atomic E-state index is 12.3. The Bertz CT molecular complexity index is 439. The molecule has 1 fully saturated rings. The Morgan fingerprint density at radius 3 is 2.71 bits per heavy atom. The van der Waals surface area contributed by atoms with Crippen LogP contribution in [0.5, 0.6) is 0 Å². The normalized spacial score (nSPS) is 17.9. The van der Waals surface area contributed by atoms with Gasteiger partial charge in [-0.15, -0.1) is 0 Å². The molecule has 2 N–H and O–H groups in total. The van der Waals surface area contributed by atoms with Gasteiger partial charge in [0.2, 0.25) is 5.91 Å². The minimum absolute atomic E-state index is 0.0301. The number of rotatable bonds is 5. The number of hydrogen-bond acceptors (Lipinski definition) is 5. The number of piperazine rings is 1. The quantitative estimate of drug-likeness (QED) is 0.621. The largest absolute Gasteiger partial charge is 0.481 e. The third-order valence-corrected chi connectivity index (χ3v) is 3.15. The number of urea groups is 1. The molecular formula is C12H19N3O6. The number of carbonyl (C=O) groups is 4. The molecule has 0 bridgehead atoms. The van der Waals surface area contributed by atoms with Gasteiger partial charge in [-0.1, -0.05) is 0 Å². The Morgan fingerprint density at radius 1 is 1.48 bits per heavy atom. The van der Waals surface area contributed by atoms with E-state index in [0.717, 1.165) is 0 Å². The molecule has 9 heteroatoms. The first kappa shape index (κ1) is 16.7. The molecule has 0 aromatic rings. The number of esters is 1. The van der Waals surface area contributed by atoms with Gasteiger partial charge in [0.25, 0.3) is 0 Å². The summed E-state index contributed by atoms with van der Waals surface area (Å²) in [5.41, 5.74) is 0. The summed E-state index contributed by atoms with van der Waals surface area (Å²) in [5.74, 6) is -2.10. The van der Waals surface area contributed by atoms with Crippen molar-refractivity contribution in [2.45, 2.75) is 18.9 Å². The zero-order valence-electron chi connectivity index (χ0n) is 12.0. The Labute approximate surface area is 121 Å². The molecule has 1 unspecified atom stereocenters. The molecule has 0 radical (unpaired) electrons. The van der Waals surface area contributed by atoms with Crippen molar-refractivity contribution in [3.63, 3.8) is 0 Å². The maximum absolute atomic E-state index is 12.3. The zero-order chi connectivity index (χ0) is 16.0. The van der Waals surface area contributed by atoms with Crippen molar-refractivity contribution in [3.8, 4) is 0 Å². The first-order chi connectivity index (χ1) is 9.86. The highest BCUT2D eigenvalue weighted by Gasteiger charge is 2.35. The van der Waals surface area contributed by atoms with Gasteiger partial charge >= 0.3 is 18.0 Å². The van der Waals surface area contributed by atoms with Crippen molar-refractivity contribution in [2.24, 2.45) is 0 Å². The van der Waals surface area contributed by atoms with E-state index in [0.29, 0.717) is 0 Å². The van der Waals surface area contributed by atoms with E-state index in [2.05, 4.69) is 10.1 Å². The number of carboxylic acid groups (broad SMARTS) is 1. The fourth-order valence-corrected chi connectivity index (χ4v) is 1.99. The van der Waals surface area contributed by atoms with Crippen LogP contribution in [0.2, 0.25) is 0 Å². The monoisotopic (exact) mass is 301 g/mol. The van der Waals surface area contributed by atoms with Gasteiger partial charge in [0.15, 0.2) is 0 Å². The van der Waals surface area contributed by atoms with Gasteiger partial charge in [-0.3, -0.25) is 14.4 Å². The van der Waals surface area contributed by atoms with E-state index in [-0.39, 0.29) is 26.1 Å². The molecule has 0 saturated carbocycles. The lowest BCUT2D eigenvalue weighted by Gasteiger charge is -2.36. The highest BCUT2D eigenvalue weighted by molar-refractivity contribution is 5.91. The number of methoxy groups -OCH3 is 1. The average Bonchev–Trinajstić information content (AvgIpc) is 2.45. The molecule has 1 saturated heterocycles. The van der Waals surface area contributed by atoms with Crippen LogP contribution >= 0.6 is 0 Å². The van der Waals surface area contributed by atoms with Crippen molar-refractivity contribution in [2.75, 3.05) is 33.8 Å². The summed E-state index contributed by atoms with van der Waals surface area (Å²) < 4.78 is 4.48. The van der Waals surface area contributed by atoms with Crippen molar-refractivity contribution >= 4 is 23.9 Å². The molecular weight excluding hydrogens is 282 g/mol. The van der Waals surface area contributed by atoms with E-state index in [1.54, 1.807) is 0 Å². The first-order valence-electron chi connectivity index (χ1n) is 6.45. The summed E-state index contributed by atoms with van der Waals surface area (Å²) >= 11 is 0. The Kier molecular flexibility index (Phi) is 5.94. The fraction of sp³-hybridized carbons (Fsp3) is 0.667. The molecule has 118 valence electrons. The van der Waals surface area contributed by atoms with Gasteiger partial charge in [-0.2, -0.15) is 0 Å². The van der Waals surface area contributed by atoms with Crippen LogP contribution in [0.4, 0.5) is 4.79 Å². The number of carbonyl (C=O) groups excluding carboxylic acids is 3. The number of amides is 3. The molecule has 1 heterocycles. The van der Waals surface area contributed by atoms with Crippen LogP contribution in [-0.4, -0.2) is 78.6 Å². The lowest BCUT2D eigenvalue weighted by Crippen LogP contribution is -2.60. The number of hydrogen-bond donors (Lipinski definition) is 2. The van der Waals surface area contributed by atoms with Crippen LogP contribution in [0, 0.1) is 0 Å². The van der Waals surface area contributed by atoms with E-state index in [4.69, 9.17) is 5.11 Å². The van der Waals surface area contributed by atoms with Crippen molar-refractivity contribution in [1.29, 1.82) is 0 Å². The standard InChI is InChI=1S/C12H19N3O6/c1-14(5-3-10(18)21-2)12(20)15-6-4-13-11(19)8(15)7-9(16)17/h8H,3-7H2,1-2H3,(H,13,19)(H,16,17). The summed E-state index contributed by atoms with van der Waals surface area (Å²) in [7, 11) is 2.73. The van der Waals surface area contributed by atoms with Crippen LogP contribution in [0.25, 0.3) is 0 Å². The molecule has 1 aliphatic rings. The summed E-state index contributed by atoms with van der Waals surface area (Å²) in [6.07, 6.45) is -0.426. The summed E-state index contributed by atoms with van der Waals surface area (Å²) in [6, 6.07) is -1.52. The molecule has 0 aromatic heterocycles. The SMILES string of the molecule is COC(=O)CCN(C)C(=O)N1CCNC(=O)C1CC(=O)O. The van der Waals surface area contributed by atoms with E-state index in [9.17, 15) is 19.2 Å². The second kappa shape index (κ2) is 7.46. The van der Waals surface area contributed by atoms with Crippen LogP contribution in [0.1, 0.15) is 12.8 Å². The summed E-state index contributed by atoms with van der Waals surface area (Å²) in [4.78, 5) is 48.3. The third kappa shape index (κ3) is 4.62. The molecule has 0 spiro atoms. The van der Waals surface area contributed by atoms with Gasteiger partial charge < -0.3 is 25.0 Å². The van der Waals surface area contributed by atoms with Gasteiger partial charge in [-0.25, -0.2) is 4.79 Å². The van der Waals surface area contributed by atoms with E-state index in [1.165, 1.54) is 24.0 Å². The predicted octanol–water partition coefficient (Wildman–Crippen LogP) is -1.12. The van der Waals surface area contributed by atoms with Crippen molar-refractivity contribution in [1.82, 2.24) is 15.1 Å². The summed E-state index contributed by atoms with van der Waals surface area (Å²) in [5, 5.41) is 11.4. The number of nitrogens with one attached hydrogen (secondary N) is 1. The molecule has 0 aliphatic carbocycles. The molecule has 0 aromatic carbocycles. The third-order valence-electron chi connectivity index (χ3n) is 3.15. The second-order valence-electron chi connectivity index (χ2n) is 4.63. The second-order valence-corrected chi connectivity index (χ2v) is 4.63. The van der Waals surface area contributed by atoms with Crippen LogP contribution in [-0.2, 0) is 19.1 Å². The lowest BCUT2D eigenvalue weighted by molar-refractivity contribution is -0.142. The average molecular weight is 301 g/mol. The molecule has 1 atom stereocenters. The highest BCUT2D eigenvalue weighted by atomic mass is 16.5. The van der Waals surface area contributed by atoms with Gasteiger partial charge in [0.05, 0.1) is 20.0 Å². The van der Waals surface area contributed by atoms with Gasteiger partial charge in [0, 0.05) is 26.7 Å². The predicted molar refractivity (Wildman–Crippen MR) is 70.4 cm³/mol. The Morgan fingerprint density at radius 2 is 2.14 bits per heavy atom. The number of nitrogens with zero attached hydrogens (tertiary/aromatic N) is 2. The first-order valence-corrected chi connectivity index (χ1v) is 6.45. The van der Waals surface area contributed by atoms with Gasteiger partial charge in [-0.05, 0) is 0 Å². The minimum atomic E-state index is -1.16. The number of carboxylic acids is 1. The highest BCUT2D eigenvalue weighted by Crippen LogP contribution is 2.12. The van der Waals surface area contributed by atoms with E-state index in [1.807, 2.05) is 0 Å². The Balaban J connectivity index is 2.70. The van der Waals surface area contributed by atoms with Crippen molar-refractivity contribution < 1.29 is 29.0 Å².